The van der Waals surface area contributed by atoms with Gasteiger partial charge in [-0.3, -0.25) is 0 Å². The SMILES string of the molecule is COc1cc(CNCCc2c[nH]c3ccccc23)ccc1Oc1nnnn1-c1ccccc1.Cl. The molecule has 3 aromatic carbocycles. The molecule has 0 saturated carbocycles. The number of aromatic nitrogens is 5. The van der Waals surface area contributed by atoms with Crippen molar-refractivity contribution in [1.29, 1.82) is 0 Å². The number of fused-ring (bicyclic) bond motifs is 1. The van der Waals surface area contributed by atoms with E-state index in [4.69, 9.17) is 9.47 Å². The Hall–Kier alpha value is -3.88. The van der Waals surface area contributed by atoms with Crippen LogP contribution in [0.4, 0.5) is 0 Å². The minimum Gasteiger partial charge on any atom is -0.493 e. The number of methoxy groups -OCH3 is 1. The summed E-state index contributed by atoms with van der Waals surface area (Å²) in [5, 5.41) is 16.5. The van der Waals surface area contributed by atoms with Gasteiger partial charge in [-0.05, 0) is 64.9 Å². The van der Waals surface area contributed by atoms with E-state index in [1.807, 2.05) is 54.6 Å². The summed E-state index contributed by atoms with van der Waals surface area (Å²) in [6, 6.07) is 24.1. The predicted octanol–water partition coefficient (Wildman–Crippen LogP) is 4.70. The maximum atomic E-state index is 5.97. The summed E-state index contributed by atoms with van der Waals surface area (Å²) in [6.45, 7) is 1.59. The molecule has 174 valence electrons. The summed E-state index contributed by atoms with van der Waals surface area (Å²) in [5.41, 5.74) is 4.40. The van der Waals surface area contributed by atoms with Gasteiger partial charge in [-0.25, -0.2) is 0 Å². The lowest BCUT2D eigenvalue weighted by molar-refractivity contribution is 0.362. The van der Waals surface area contributed by atoms with E-state index >= 15 is 0 Å². The molecule has 0 radical (unpaired) electrons. The van der Waals surface area contributed by atoms with Crippen molar-refractivity contribution in [2.24, 2.45) is 0 Å². The summed E-state index contributed by atoms with van der Waals surface area (Å²) in [6.07, 6.45) is 3.04. The molecule has 0 unspecified atom stereocenters. The Morgan fingerprint density at radius 2 is 1.79 bits per heavy atom. The van der Waals surface area contributed by atoms with E-state index < -0.39 is 0 Å². The van der Waals surface area contributed by atoms with Crippen LogP contribution >= 0.6 is 12.4 Å². The van der Waals surface area contributed by atoms with Crippen LogP contribution < -0.4 is 14.8 Å². The first-order chi connectivity index (χ1) is 16.3. The zero-order valence-electron chi connectivity index (χ0n) is 18.6. The molecule has 0 aliphatic heterocycles. The van der Waals surface area contributed by atoms with Crippen LogP contribution in [0.3, 0.4) is 0 Å². The number of tetrazole rings is 1. The molecule has 0 aliphatic carbocycles. The molecular formula is C25H25ClN6O2. The molecule has 0 atom stereocenters. The quantitative estimate of drug-likeness (QED) is 0.300. The van der Waals surface area contributed by atoms with Crippen LogP contribution in [0.5, 0.6) is 17.5 Å². The summed E-state index contributed by atoms with van der Waals surface area (Å²) >= 11 is 0. The van der Waals surface area contributed by atoms with Gasteiger partial charge in [-0.15, -0.1) is 12.4 Å². The number of H-pyrrole nitrogens is 1. The Labute approximate surface area is 203 Å². The molecule has 0 aliphatic rings. The third-order valence-electron chi connectivity index (χ3n) is 5.45. The van der Waals surface area contributed by atoms with Crippen LogP contribution in [0, 0.1) is 0 Å². The zero-order valence-corrected chi connectivity index (χ0v) is 19.5. The fourth-order valence-corrected chi connectivity index (χ4v) is 3.77. The number of rotatable bonds is 9. The lowest BCUT2D eigenvalue weighted by atomic mass is 10.1. The molecule has 9 heteroatoms. The highest BCUT2D eigenvalue weighted by Crippen LogP contribution is 2.32. The van der Waals surface area contributed by atoms with Gasteiger partial charge in [-0.1, -0.05) is 47.6 Å². The number of benzene rings is 3. The second-order valence-electron chi connectivity index (χ2n) is 7.58. The van der Waals surface area contributed by atoms with E-state index in [2.05, 4.69) is 50.2 Å². The summed E-state index contributed by atoms with van der Waals surface area (Å²) in [5.74, 6) is 1.17. The minimum atomic E-state index is 0. The Bertz CT molecular complexity index is 1350. The van der Waals surface area contributed by atoms with E-state index in [1.165, 1.54) is 16.5 Å². The van der Waals surface area contributed by atoms with Crippen molar-refractivity contribution in [3.63, 3.8) is 0 Å². The Kier molecular flexibility index (Phi) is 7.41. The van der Waals surface area contributed by atoms with Crippen LogP contribution in [0.25, 0.3) is 16.6 Å². The molecule has 34 heavy (non-hydrogen) atoms. The lowest BCUT2D eigenvalue weighted by Crippen LogP contribution is -2.16. The van der Waals surface area contributed by atoms with Gasteiger partial charge in [-0.2, -0.15) is 4.68 Å². The molecule has 0 fully saturated rings. The number of ether oxygens (including phenoxy) is 2. The highest BCUT2D eigenvalue weighted by Gasteiger charge is 2.14. The first-order valence-corrected chi connectivity index (χ1v) is 10.8. The largest absolute Gasteiger partial charge is 0.493 e. The van der Waals surface area contributed by atoms with Crippen molar-refractivity contribution in [2.45, 2.75) is 13.0 Å². The summed E-state index contributed by atoms with van der Waals surface area (Å²) < 4.78 is 13.1. The van der Waals surface area contributed by atoms with Crippen molar-refractivity contribution in [3.8, 4) is 23.2 Å². The molecule has 8 nitrogen and oxygen atoms in total. The second-order valence-corrected chi connectivity index (χ2v) is 7.58. The van der Waals surface area contributed by atoms with E-state index in [9.17, 15) is 0 Å². The molecule has 0 saturated heterocycles. The molecule has 0 bridgehead atoms. The second kappa shape index (κ2) is 10.8. The smallest absolute Gasteiger partial charge is 0.346 e. The Balaban J connectivity index is 0.00000274. The molecule has 5 aromatic rings. The predicted molar refractivity (Wildman–Crippen MR) is 133 cm³/mol. The highest BCUT2D eigenvalue weighted by molar-refractivity contribution is 5.85. The average Bonchev–Trinajstić information content (AvgIpc) is 3.50. The number of hydrogen-bond acceptors (Lipinski definition) is 6. The maximum Gasteiger partial charge on any atom is 0.346 e. The number of hydrogen-bond donors (Lipinski definition) is 2. The third-order valence-corrected chi connectivity index (χ3v) is 5.45. The molecule has 5 rings (SSSR count). The van der Waals surface area contributed by atoms with Gasteiger partial charge >= 0.3 is 6.01 Å². The van der Waals surface area contributed by atoms with Crippen LogP contribution in [0.1, 0.15) is 11.1 Å². The number of nitrogens with zero attached hydrogens (tertiary/aromatic N) is 4. The van der Waals surface area contributed by atoms with Crippen LogP contribution in [0.2, 0.25) is 0 Å². The highest BCUT2D eigenvalue weighted by atomic mass is 35.5. The molecule has 2 aromatic heterocycles. The Morgan fingerprint density at radius 3 is 2.65 bits per heavy atom. The van der Waals surface area contributed by atoms with Crippen LogP contribution in [0.15, 0.2) is 79.0 Å². The fraction of sp³-hybridized carbons (Fsp3) is 0.160. The summed E-state index contributed by atoms with van der Waals surface area (Å²) in [4.78, 5) is 3.33. The van der Waals surface area contributed by atoms with E-state index in [1.54, 1.807) is 11.8 Å². The van der Waals surface area contributed by atoms with Crippen LogP contribution in [-0.4, -0.2) is 38.8 Å². The van der Waals surface area contributed by atoms with Crippen molar-refractivity contribution >= 4 is 23.3 Å². The van der Waals surface area contributed by atoms with Gasteiger partial charge in [0.2, 0.25) is 0 Å². The number of aromatic amines is 1. The molecule has 0 spiro atoms. The maximum absolute atomic E-state index is 5.97. The molecular weight excluding hydrogens is 452 g/mol. The molecule has 2 N–H and O–H groups in total. The topological polar surface area (TPSA) is 89.9 Å². The van der Waals surface area contributed by atoms with Gasteiger partial charge in [0.15, 0.2) is 11.5 Å². The number of para-hydroxylation sites is 2. The first kappa shape index (κ1) is 23.3. The Morgan fingerprint density at radius 1 is 0.971 bits per heavy atom. The van der Waals surface area contributed by atoms with Gasteiger partial charge in [0.25, 0.3) is 0 Å². The van der Waals surface area contributed by atoms with Crippen molar-refractivity contribution in [2.75, 3.05) is 13.7 Å². The zero-order chi connectivity index (χ0) is 22.5. The third kappa shape index (κ3) is 5.03. The first-order valence-electron chi connectivity index (χ1n) is 10.8. The molecule has 2 heterocycles. The standard InChI is InChI=1S/C25H24N6O2.ClH/c1-32-24-15-18(16-26-14-13-19-17-27-22-10-6-5-9-21(19)22)11-12-23(24)33-25-28-29-30-31(25)20-7-3-2-4-8-20;/h2-12,15,17,26-27H,13-14,16H2,1H3;1H. The number of halogens is 1. The van der Waals surface area contributed by atoms with Crippen LogP contribution in [-0.2, 0) is 13.0 Å². The van der Waals surface area contributed by atoms with E-state index in [0.717, 1.165) is 30.8 Å². The summed E-state index contributed by atoms with van der Waals surface area (Å²) in [7, 11) is 1.62. The van der Waals surface area contributed by atoms with Gasteiger partial charge in [0.1, 0.15) is 0 Å². The minimum absolute atomic E-state index is 0. The van der Waals surface area contributed by atoms with Crippen molar-refractivity contribution < 1.29 is 9.47 Å². The number of nitrogens with one attached hydrogen (secondary N) is 2. The van der Waals surface area contributed by atoms with E-state index in [0.29, 0.717) is 11.5 Å². The van der Waals surface area contributed by atoms with Crippen molar-refractivity contribution in [1.82, 2.24) is 30.5 Å². The van der Waals surface area contributed by atoms with Gasteiger partial charge in [0, 0.05) is 23.6 Å². The van der Waals surface area contributed by atoms with Gasteiger partial charge in [0.05, 0.1) is 12.8 Å². The van der Waals surface area contributed by atoms with E-state index in [-0.39, 0.29) is 18.4 Å². The fourth-order valence-electron chi connectivity index (χ4n) is 3.77. The normalized spacial score (nSPS) is 10.7. The monoisotopic (exact) mass is 476 g/mol. The van der Waals surface area contributed by atoms with Crippen molar-refractivity contribution in [3.05, 3.63) is 90.1 Å². The van der Waals surface area contributed by atoms with Gasteiger partial charge < -0.3 is 19.8 Å². The molecule has 0 amide bonds. The average molecular weight is 477 g/mol. The lowest BCUT2D eigenvalue weighted by Gasteiger charge is -2.12.